The van der Waals surface area contributed by atoms with Gasteiger partial charge in [-0.15, -0.1) is 11.3 Å². The van der Waals surface area contributed by atoms with E-state index in [9.17, 15) is 36.2 Å². The van der Waals surface area contributed by atoms with Crippen molar-refractivity contribution in [3.63, 3.8) is 0 Å². The molecule has 1 aliphatic rings. The number of alkyl halides is 6. The molecule has 2 aromatic heterocycles. The maximum Gasteiger partial charge on any atom is 0.433 e. The number of nitrogens with one attached hydrogen (secondary N) is 2. The molecule has 0 spiro atoms. The highest BCUT2D eigenvalue weighted by Crippen LogP contribution is 2.41. The van der Waals surface area contributed by atoms with Crippen LogP contribution in [0, 0.1) is 6.92 Å². The Morgan fingerprint density at radius 2 is 1.88 bits per heavy atom. The van der Waals surface area contributed by atoms with Crippen LogP contribution >= 0.6 is 11.3 Å². The SMILES string of the molecule is Cc1cc(Nc2nccc(C(F)(F)F)n2)cc(-c2cnc([C@]3(O)CC[C@@H](NC(=O)CC(N)C(F)(F)F)CC3)s2)c1. The van der Waals surface area contributed by atoms with Crippen LogP contribution in [0.4, 0.5) is 38.0 Å². The first-order valence-electron chi connectivity index (χ1n) is 12.2. The van der Waals surface area contributed by atoms with Crippen molar-refractivity contribution in [1.29, 1.82) is 0 Å². The van der Waals surface area contributed by atoms with E-state index in [4.69, 9.17) is 5.73 Å². The molecule has 1 atom stereocenters. The number of anilines is 2. The minimum atomic E-state index is -4.66. The molecule has 0 radical (unpaired) electrons. The molecule has 0 bridgehead atoms. The van der Waals surface area contributed by atoms with Crippen molar-refractivity contribution >= 4 is 28.9 Å². The summed E-state index contributed by atoms with van der Waals surface area (Å²) in [5, 5.41) is 17.0. The number of aryl methyl sites for hydroxylation is 1. The summed E-state index contributed by atoms with van der Waals surface area (Å²) in [5.74, 6) is -1.01. The Labute approximate surface area is 229 Å². The van der Waals surface area contributed by atoms with Gasteiger partial charge in [-0.05, 0) is 61.9 Å². The van der Waals surface area contributed by atoms with Gasteiger partial charge in [-0.2, -0.15) is 26.3 Å². The number of carbonyl (C=O) groups is 1. The molecule has 0 aliphatic heterocycles. The molecule has 8 nitrogen and oxygen atoms in total. The first-order valence-corrected chi connectivity index (χ1v) is 13.0. The van der Waals surface area contributed by atoms with Gasteiger partial charge in [0, 0.05) is 24.1 Å². The number of carbonyl (C=O) groups excluding carboxylic acids is 1. The van der Waals surface area contributed by atoms with Crippen LogP contribution < -0.4 is 16.4 Å². The van der Waals surface area contributed by atoms with Crippen LogP contribution in [0.5, 0.6) is 0 Å². The molecule has 3 aromatic rings. The Kier molecular flexibility index (Phi) is 8.38. The van der Waals surface area contributed by atoms with Gasteiger partial charge in [0.15, 0.2) is 0 Å². The van der Waals surface area contributed by atoms with E-state index in [1.807, 2.05) is 13.0 Å². The van der Waals surface area contributed by atoms with Crippen LogP contribution in [0.15, 0.2) is 36.7 Å². The second kappa shape index (κ2) is 11.3. The van der Waals surface area contributed by atoms with Crippen molar-refractivity contribution in [2.75, 3.05) is 5.32 Å². The zero-order valence-electron chi connectivity index (χ0n) is 21.1. The summed E-state index contributed by atoms with van der Waals surface area (Å²) in [7, 11) is 0. The molecule has 0 saturated heterocycles. The molecule has 1 unspecified atom stereocenters. The second-order valence-corrected chi connectivity index (χ2v) is 10.8. The topological polar surface area (TPSA) is 126 Å². The van der Waals surface area contributed by atoms with E-state index < -0.39 is 48.1 Å². The van der Waals surface area contributed by atoms with Gasteiger partial charge in [0.1, 0.15) is 22.3 Å². The third-order valence-electron chi connectivity index (χ3n) is 6.47. The number of amides is 1. The van der Waals surface area contributed by atoms with Gasteiger partial charge < -0.3 is 21.5 Å². The number of halogens is 6. The first-order chi connectivity index (χ1) is 18.6. The minimum Gasteiger partial charge on any atom is -0.383 e. The lowest BCUT2D eigenvalue weighted by Gasteiger charge is -2.35. The van der Waals surface area contributed by atoms with Crippen LogP contribution in [0.25, 0.3) is 10.4 Å². The van der Waals surface area contributed by atoms with Gasteiger partial charge in [0.05, 0.1) is 11.3 Å². The van der Waals surface area contributed by atoms with Crippen molar-refractivity contribution in [2.45, 2.75) is 69.1 Å². The van der Waals surface area contributed by atoms with Crippen LogP contribution in [0.2, 0.25) is 0 Å². The lowest BCUT2D eigenvalue weighted by molar-refractivity contribution is -0.155. The Balaban J connectivity index is 1.42. The minimum absolute atomic E-state index is 0.213. The average molecular weight is 589 g/mol. The molecular weight excluding hydrogens is 562 g/mol. The van der Waals surface area contributed by atoms with Gasteiger partial charge in [-0.3, -0.25) is 4.79 Å². The predicted octanol–water partition coefficient (Wildman–Crippen LogP) is 5.20. The molecule has 1 amide bonds. The second-order valence-electron chi connectivity index (χ2n) is 9.73. The van der Waals surface area contributed by atoms with Gasteiger partial charge in [-0.1, -0.05) is 6.07 Å². The number of rotatable bonds is 7. The Hall–Kier alpha value is -3.30. The van der Waals surface area contributed by atoms with Crippen molar-refractivity contribution < 1.29 is 36.2 Å². The number of thiazole rings is 1. The zero-order chi connectivity index (χ0) is 29.3. The summed E-state index contributed by atoms with van der Waals surface area (Å²) >= 11 is 1.25. The summed E-state index contributed by atoms with van der Waals surface area (Å²) < 4.78 is 76.8. The fourth-order valence-corrected chi connectivity index (χ4v) is 5.43. The molecule has 15 heteroatoms. The third-order valence-corrected chi connectivity index (χ3v) is 7.71. The molecule has 4 rings (SSSR count). The molecule has 2 heterocycles. The van der Waals surface area contributed by atoms with E-state index in [0.717, 1.165) is 17.8 Å². The highest BCUT2D eigenvalue weighted by atomic mass is 32.1. The molecule has 1 saturated carbocycles. The fraction of sp³-hybridized carbons (Fsp3) is 0.440. The van der Waals surface area contributed by atoms with E-state index in [-0.39, 0.29) is 18.8 Å². The summed E-state index contributed by atoms with van der Waals surface area (Å²) in [6.07, 6.45) is -6.37. The largest absolute Gasteiger partial charge is 0.433 e. The molecule has 40 heavy (non-hydrogen) atoms. The summed E-state index contributed by atoms with van der Waals surface area (Å²) in [6.45, 7) is 1.81. The fourth-order valence-electron chi connectivity index (χ4n) is 4.38. The number of benzene rings is 1. The lowest BCUT2D eigenvalue weighted by Crippen LogP contribution is -2.46. The molecule has 216 valence electrons. The zero-order valence-corrected chi connectivity index (χ0v) is 21.9. The van der Waals surface area contributed by atoms with E-state index in [2.05, 4.69) is 25.6 Å². The van der Waals surface area contributed by atoms with Crippen molar-refractivity contribution in [3.8, 4) is 10.4 Å². The maximum absolute atomic E-state index is 13.0. The van der Waals surface area contributed by atoms with Crippen LogP contribution in [-0.2, 0) is 16.6 Å². The molecule has 1 fully saturated rings. The van der Waals surface area contributed by atoms with Crippen molar-refractivity contribution in [3.05, 3.63) is 52.9 Å². The highest BCUT2D eigenvalue weighted by molar-refractivity contribution is 7.15. The summed E-state index contributed by atoms with van der Waals surface area (Å²) in [4.78, 5) is 24.4. The van der Waals surface area contributed by atoms with E-state index in [1.165, 1.54) is 11.3 Å². The number of nitrogens with two attached hydrogens (primary N) is 1. The molecule has 1 aromatic carbocycles. The van der Waals surface area contributed by atoms with E-state index in [0.29, 0.717) is 34.0 Å². The summed E-state index contributed by atoms with van der Waals surface area (Å²) in [6, 6.07) is 3.43. The Morgan fingerprint density at radius 3 is 2.52 bits per heavy atom. The van der Waals surface area contributed by atoms with Crippen molar-refractivity contribution in [2.24, 2.45) is 5.73 Å². The average Bonchev–Trinajstić information content (AvgIpc) is 3.36. The smallest absolute Gasteiger partial charge is 0.383 e. The molecule has 5 N–H and O–H groups in total. The Bertz CT molecular complexity index is 1350. The third kappa shape index (κ3) is 7.26. The number of nitrogens with zero attached hydrogens (tertiary/aromatic N) is 3. The van der Waals surface area contributed by atoms with Gasteiger partial charge in [0.25, 0.3) is 0 Å². The van der Waals surface area contributed by atoms with Crippen LogP contribution in [0.1, 0.15) is 48.4 Å². The van der Waals surface area contributed by atoms with Gasteiger partial charge in [-0.25, -0.2) is 15.0 Å². The quantitative estimate of drug-likeness (QED) is 0.280. The Morgan fingerprint density at radius 1 is 1.18 bits per heavy atom. The monoisotopic (exact) mass is 588 g/mol. The molecular formula is C25H26F6N6O2S. The van der Waals surface area contributed by atoms with Gasteiger partial charge in [0.2, 0.25) is 11.9 Å². The first kappa shape index (κ1) is 29.7. The summed E-state index contributed by atoms with van der Waals surface area (Å²) in [5.41, 5.74) is 4.66. The standard InChI is InChI=1S/C25H26F6N6O2S/c1-13-8-14(10-16(9-13)36-22-33-7-4-19(37-22)25(29,30)31)17-12-34-21(40-17)23(39)5-2-15(3-6-23)35-20(38)11-18(32)24(26,27)28/h4,7-10,12,15,18,39H,2-3,5-6,11,32H2,1H3,(H,35,38)(H,33,36,37)/t15-,18?,23+. The van der Waals surface area contributed by atoms with Crippen LogP contribution in [0.3, 0.4) is 0 Å². The maximum atomic E-state index is 13.0. The number of aliphatic hydroxyl groups is 1. The number of hydrogen-bond donors (Lipinski definition) is 4. The van der Waals surface area contributed by atoms with E-state index >= 15 is 0 Å². The van der Waals surface area contributed by atoms with Crippen molar-refractivity contribution in [1.82, 2.24) is 20.3 Å². The highest BCUT2D eigenvalue weighted by Gasteiger charge is 2.40. The number of aromatic nitrogens is 3. The normalized spacial score (nSPS) is 20.7. The van der Waals surface area contributed by atoms with E-state index in [1.54, 1.807) is 18.3 Å². The lowest BCUT2D eigenvalue weighted by atomic mass is 9.82. The van der Waals surface area contributed by atoms with Gasteiger partial charge >= 0.3 is 12.4 Å². The number of hydrogen-bond acceptors (Lipinski definition) is 8. The van der Waals surface area contributed by atoms with Crippen LogP contribution in [-0.4, -0.2) is 44.2 Å². The predicted molar refractivity (Wildman–Crippen MR) is 136 cm³/mol. The molecule has 1 aliphatic carbocycles.